The van der Waals surface area contributed by atoms with Crippen LogP contribution in [-0.4, -0.2) is 25.7 Å². The molecule has 0 N–H and O–H groups in total. The standard InChI is InChI=1S/C17H17NO2/c1-20-17(19)16-11-12-18(16)15-10-6-5-9-14(15)13-7-3-2-4-8-13/h2-10,16H,11-12H2,1H3. The zero-order valence-corrected chi connectivity index (χ0v) is 11.5. The molecule has 0 spiro atoms. The maximum Gasteiger partial charge on any atom is 0.328 e. The number of carbonyl (C=O) groups is 1. The number of methoxy groups -OCH3 is 1. The molecule has 0 bridgehead atoms. The number of hydrogen-bond acceptors (Lipinski definition) is 3. The van der Waals surface area contributed by atoms with Crippen LogP contribution in [0, 0.1) is 0 Å². The summed E-state index contributed by atoms with van der Waals surface area (Å²) in [6.45, 7) is 0.892. The lowest BCUT2D eigenvalue weighted by molar-refractivity contribution is -0.143. The SMILES string of the molecule is COC(=O)C1CCN1c1ccccc1-c1ccccc1. The van der Waals surface area contributed by atoms with Gasteiger partial charge in [-0.3, -0.25) is 0 Å². The smallest absolute Gasteiger partial charge is 0.328 e. The number of esters is 1. The second kappa shape index (κ2) is 5.37. The van der Waals surface area contributed by atoms with E-state index in [1.165, 1.54) is 12.7 Å². The van der Waals surface area contributed by atoms with Crippen molar-refractivity contribution in [3.63, 3.8) is 0 Å². The Morgan fingerprint density at radius 3 is 2.45 bits per heavy atom. The lowest BCUT2D eigenvalue weighted by atomic mass is 9.97. The van der Waals surface area contributed by atoms with Gasteiger partial charge < -0.3 is 9.64 Å². The van der Waals surface area contributed by atoms with Gasteiger partial charge in [0.25, 0.3) is 0 Å². The second-order valence-electron chi connectivity index (χ2n) is 4.90. The summed E-state index contributed by atoms with van der Waals surface area (Å²) >= 11 is 0. The monoisotopic (exact) mass is 267 g/mol. The minimum Gasteiger partial charge on any atom is -0.467 e. The van der Waals surface area contributed by atoms with Crippen LogP contribution in [-0.2, 0) is 9.53 Å². The number of ether oxygens (including phenoxy) is 1. The van der Waals surface area contributed by atoms with Gasteiger partial charge in [-0.1, -0.05) is 48.5 Å². The molecule has 1 aliphatic heterocycles. The fourth-order valence-corrected chi connectivity index (χ4v) is 2.64. The van der Waals surface area contributed by atoms with Crippen LogP contribution < -0.4 is 4.90 Å². The van der Waals surface area contributed by atoms with E-state index in [-0.39, 0.29) is 12.0 Å². The van der Waals surface area contributed by atoms with Crippen molar-refractivity contribution < 1.29 is 9.53 Å². The minimum absolute atomic E-state index is 0.148. The first kappa shape index (κ1) is 12.7. The normalized spacial score (nSPS) is 17.4. The largest absolute Gasteiger partial charge is 0.467 e. The van der Waals surface area contributed by atoms with Gasteiger partial charge in [-0.15, -0.1) is 0 Å². The average Bonchev–Trinajstić information content (AvgIpc) is 2.47. The first-order valence-corrected chi connectivity index (χ1v) is 6.80. The fourth-order valence-electron chi connectivity index (χ4n) is 2.64. The van der Waals surface area contributed by atoms with Crippen molar-refractivity contribution in [3.8, 4) is 11.1 Å². The van der Waals surface area contributed by atoms with Crippen molar-refractivity contribution >= 4 is 11.7 Å². The van der Waals surface area contributed by atoms with E-state index in [0.717, 1.165) is 24.2 Å². The Labute approximate surface area is 118 Å². The lowest BCUT2D eigenvalue weighted by Gasteiger charge is -2.41. The number of carbonyl (C=O) groups excluding carboxylic acids is 1. The summed E-state index contributed by atoms with van der Waals surface area (Å²) in [6, 6.07) is 18.3. The van der Waals surface area contributed by atoms with Gasteiger partial charge in [-0.05, 0) is 18.1 Å². The molecule has 3 heteroatoms. The van der Waals surface area contributed by atoms with E-state index >= 15 is 0 Å². The van der Waals surface area contributed by atoms with Gasteiger partial charge >= 0.3 is 5.97 Å². The van der Waals surface area contributed by atoms with Gasteiger partial charge in [0, 0.05) is 17.8 Å². The van der Waals surface area contributed by atoms with Crippen LogP contribution >= 0.6 is 0 Å². The Morgan fingerprint density at radius 1 is 1.10 bits per heavy atom. The predicted octanol–water partition coefficient (Wildman–Crippen LogP) is 3.11. The summed E-state index contributed by atoms with van der Waals surface area (Å²) in [5.74, 6) is -0.154. The van der Waals surface area contributed by atoms with E-state index in [0.29, 0.717) is 0 Å². The molecule has 1 heterocycles. The third-order valence-electron chi connectivity index (χ3n) is 3.79. The van der Waals surface area contributed by atoms with Gasteiger partial charge in [-0.2, -0.15) is 0 Å². The van der Waals surface area contributed by atoms with Crippen molar-refractivity contribution in [1.82, 2.24) is 0 Å². The van der Waals surface area contributed by atoms with Gasteiger partial charge in [-0.25, -0.2) is 4.79 Å². The molecule has 102 valence electrons. The van der Waals surface area contributed by atoms with Crippen molar-refractivity contribution in [2.24, 2.45) is 0 Å². The number of nitrogens with zero attached hydrogens (tertiary/aromatic N) is 1. The third-order valence-corrected chi connectivity index (χ3v) is 3.79. The molecule has 1 saturated heterocycles. The van der Waals surface area contributed by atoms with Gasteiger partial charge in [0.2, 0.25) is 0 Å². The minimum atomic E-state index is -0.154. The molecule has 1 aliphatic rings. The highest BCUT2D eigenvalue weighted by atomic mass is 16.5. The molecule has 0 saturated carbocycles. The van der Waals surface area contributed by atoms with Crippen LogP contribution in [0.25, 0.3) is 11.1 Å². The molecule has 3 nitrogen and oxygen atoms in total. The first-order chi connectivity index (χ1) is 9.81. The van der Waals surface area contributed by atoms with Crippen LogP contribution in [0.4, 0.5) is 5.69 Å². The van der Waals surface area contributed by atoms with Crippen LogP contribution in [0.3, 0.4) is 0 Å². The summed E-state index contributed by atoms with van der Waals surface area (Å²) in [7, 11) is 1.45. The van der Waals surface area contributed by atoms with E-state index in [1.54, 1.807) is 0 Å². The average molecular weight is 267 g/mol. The molecule has 1 atom stereocenters. The number of hydrogen-bond donors (Lipinski definition) is 0. The lowest BCUT2D eigenvalue weighted by Crippen LogP contribution is -2.53. The molecule has 0 aliphatic carbocycles. The van der Waals surface area contributed by atoms with Crippen LogP contribution in [0.15, 0.2) is 54.6 Å². The van der Waals surface area contributed by atoms with Crippen LogP contribution in [0.2, 0.25) is 0 Å². The maximum absolute atomic E-state index is 11.8. The topological polar surface area (TPSA) is 29.5 Å². The summed E-state index contributed by atoms with van der Waals surface area (Å²) in [6.07, 6.45) is 0.857. The van der Waals surface area contributed by atoms with Gasteiger partial charge in [0.05, 0.1) is 7.11 Å². The molecular weight excluding hydrogens is 250 g/mol. The number of para-hydroxylation sites is 1. The Balaban J connectivity index is 1.97. The van der Waals surface area contributed by atoms with Gasteiger partial charge in [0.1, 0.15) is 6.04 Å². The quantitative estimate of drug-likeness (QED) is 0.800. The number of anilines is 1. The molecule has 0 aromatic heterocycles. The molecule has 1 fully saturated rings. The van der Waals surface area contributed by atoms with Crippen molar-refractivity contribution in [2.45, 2.75) is 12.5 Å². The Hall–Kier alpha value is -2.29. The predicted molar refractivity (Wildman–Crippen MR) is 79.6 cm³/mol. The Morgan fingerprint density at radius 2 is 1.80 bits per heavy atom. The highest BCUT2D eigenvalue weighted by Crippen LogP contribution is 2.35. The highest BCUT2D eigenvalue weighted by molar-refractivity contribution is 5.87. The number of benzene rings is 2. The molecule has 2 aromatic rings. The zero-order chi connectivity index (χ0) is 13.9. The summed E-state index contributed by atoms with van der Waals surface area (Å²) in [4.78, 5) is 13.9. The summed E-state index contributed by atoms with van der Waals surface area (Å²) in [5, 5.41) is 0. The van der Waals surface area contributed by atoms with Crippen molar-refractivity contribution in [1.29, 1.82) is 0 Å². The van der Waals surface area contributed by atoms with E-state index in [9.17, 15) is 4.79 Å². The third kappa shape index (κ3) is 2.16. The molecule has 2 aromatic carbocycles. The van der Waals surface area contributed by atoms with Crippen molar-refractivity contribution in [2.75, 3.05) is 18.6 Å². The zero-order valence-electron chi connectivity index (χ0n) is 11.5. The van der Waals surface area contributed by atoms with E-state index in [1.807, 2.05) is 30.3 Å². The molecular formula is C17H17NO2. The molecule has 1 unspecified atom stereocenters. The van der Waals surface area contributed by atoms with E-state index < -0.39 is 0 Å². The van der Waals surface area contributed by atoms with Gasteiger partial charge in [0.15, 0.2) is 0 Å². The second-order valence-corrected chi connectivity index (χ2v) is 4.90. The number of rotatable bonds is 3. The summed E-state index contributed by atoms with van der Waals surface area (Å²) in [5.41, 5.74) is 3.42. The molecule has 0 radical (unpaired) electrons. The molecule has 0 amide bonds. The highest BCUT2D eigenvalue weighted by Gasteiger charge is 2.36. The fraction of sp³-hybridized carbons (Fsp3) is 0.235. The van der Waals surface area contributed by atoms with Crippen molar-refractivity contribution in [3.05, 3.63) is 54.6 Å². The van der Waals surface area contributed by atoms with E-state index in [4.69, 9.17) is 4.74 Å². The Kier molecular flexibility index (Phi) is 3.42. The van der Waals surface area contributed by atoms with Crippen LogP contribution in [0.1, 0.15) is 6.42 Å². The molecule has 3 rings (SSSR count). The Bertz CT molecular complexity index is 609. The summed E-state index contributed by atoms with van der Waals surface area (Å²) < 4.78 is 4.87. The van der Waals surface area contributed by atoms with E-state index in [2.05, 4.69) is 29.2 Å². The first-order valence-electron chi connectivity index (χ1n) is 6.80. The maximum atomic E-state index is 11.8. The molecule has 20 heavy (non-hydrogen) atoms. The van der Waals surface area contributed by atoms with Crippen LogP contribution in [0.5, 0.6) is 0 Å².